The molecule has 1 aliphatic heterocycles. The van der Waals surface area contributed by atoms with E-state index in [9.17, 15) is 8.42 Å². The van der Waals surface area contributed by atoms with Crippen LogP contribution in [0.4, 0.5) is 0 Å². The molecule has 0 amide bonds. The lowest BCUT2D eigenvalue weighted by atomic mass is 9.97. The summed E-state index contributed by atoms with van der Waals surface area (Å²) in [5, 5.41) is 8.45. The zero-order valence-electron chi connectivity index (χ0n) is 17.9. The standard InChI is InChI=1S/C23H28N4O3S/c1-17-10-12-21(13-11-17)31(28,29)24-15-19-7-6-14-27(16-19)18(2)22-25-26-23(30-22)20-8-4-3-5-9-20/h3-5,8-13,18-19,24H,6-7,14-16H2,1-2H3. The average Bonchev–Trinajstić information content (AvgIpc) is 3.29. The quantitative estimate of drug-likeness (QED) is 0.601. The summed E-state index contributed by atoms with van der Waals surface area (Å²) >= 11 is 0. The lowest BCUT2D eigenvalue weighted by molar-refractivity contribution is 0.117. The van der Waals surface area contributed by atoms with Crippen LogP contribution >= 0.6 is 0 Å². The first-order valence-corrected chi connectivity index (χ1v) is 12.1. The minimum absolute atomic E-state index is 0.0264. The second-order valence-electron chi connectivity index (χ2n) is 8.16. The summed E-state index contributed by atoms with van der Waals surface area (Å²) in [6.45, 7) is 6.11. The first-order chi connectivity index (χ1) is 14.9. The highest BCUT2D eigenvalue weighted by molar-refractivity contribution is 7.89. The van der Waals surface area contributed by atoms with Gasteiger partial charge in [0.05, 0.1) is 10.9 Å². The van der Waals surface area contributed by atoms with Crippen LogP contribution in [0.1, 0.15) is 37.3 Å². The fourth-order valence-electron chi connectivity index (χ4n) is 3.90. The maximum absolute atomic E-state index is 12.6. The van der Waals surface area contributed by atoms with E-state index in [1.54, 1.807) is 12.1 Å². The van der Waals surface area contributed by atoms with Crippen LogP contribution in [0, 0.1) is 12.8 Å². The Kier molecular flexibility index (Phi) is 6.50. The topological polar surface area (TPSA) is 88.3 Å². The summed E-state index contributed by atoms with van der Waals surface area (Å²) in [7, 11) is -3.50. The van der Waals surface area contributed by atoms with Gasteiger partial charge in [0.15, 0.2) is 0 Å². The van der Waals surface area contributed by atoms with Crippen LogP contribution < -0.4 is 4.72 Å². The monoisotopic (exact) mass is 440 g/mol. The minimum atomic E-state index is -3.50. The van der Waals surface area contributed by atoms with E-state index in [0.717, 1.165) is 37.1 Å². The zero-order valence-corrected chi connectivity index (χ0v) is 18.7. The van der Waals surface area contributed by atoms with Crippen molar-refractivity contribution in [3.05, 3.63) is 66.1 Å². The van der Waals surface area contributed by atoms with Gasteiger partial charge in [-0.1, -0.05) is 35.9 Å². The highest BCUT2D eigenvalue weighted by atomic mass is 32.2. The summed E-state index contributed by atoms with van der Waals surface area (Å²) in [4.78, 5) is 2.59. The Morgan fingerprint density at radius 3 is 2.61 bits per heavy atom. The molecule has 1 aromatic heterocycles. The molecule has 1 N–H and O–H groups in total. The number of piperidine rings is 1. The predicted molar refractivity (Wildman–Crippen MR) is 119 cm³/mol. The van der Waals surface area contributed by atoms with Crippen molar-refractivity contribution in [2.45, 2.75) is 37.6 Å². The van der Waals surface area contributed by atoms with Crippen molar-refractivity contribution in [3.63, 3.8) is 0 Å². The predicted octanol–water partition coefficient (Wildman–Crippen LogP) is 3.80. The molecule has 1 fully saturated rings. The lowest BCUT2D eigenvalue weighted by Crippen LogP contribution is -2.42. The Labute approximate surface area is 183 Å². The molecule has 8 heteroatoms. The summed E-state index contributed by atoms with van der Waals surface area (Å²) in [5.74, 6) is 1.33. The second kappa shape index (κ2) is 9.30. The van der Waals surface area contributed by atoms with Gasteiger partial charge >= 0.3 is 0 Å². The molecule has 1 aliphatic rings. The molecular weight excluding hydrogens is 412 g/mol. The van der Waals surface area contributed by atoms with E-state index in [1.807, 2.05) is 49.4 Å². The molecule has 7 nitrogen and oxygen atoms in total. The maximum atomic E-state index is 12.6. The average molecular weight is 441 g/mol. The van der Waals surface area contributed by atoms with Crippen molar-refractivity contribution in [2.75, 3.05) is 19.6 Å². The van der Waals surface area contributed by atoms with E-state index < -0.39 is 10.0 Å². The van der Waals surface area contributed by atoms with Gasteiger partial charge in [0.25, 0.3) is 0 Å². The molecule has 0 bridgehead atoms. The number of aryl methyl sites for hydroxylation is 1. The highest BCUT2D eigenvalue weighted by Gasteiger charge is 2.28. The lowest BCUT2D eigenvalue weighted by Gasteiger charge is -2.35. The van der Waals surface area contributed by atoms with Gasteiger partial charge in [-0.25, -0.2) is 13.1 Å². The number of nitrogens with one attached hydrogen (secondary N) is 1. The SMILES string of the molecule is Cc1ccc(S(=O)(=O)NCC2CCCN(C(C)c3nnc(-c4ccccc4)o3)C2)cc1. The van der Waals surface area contributed by atoms with Crippen molar-refractivity contribution < 1.29 is 12.8 Å². The van der Waals surface area contributed by atoms with Crippen LogP contribution in [0.25, 0.3) is 11.5 Å². The molecular formula is C23H28N4O3S. The third kappa shape index (κ3) is 5.20. The second-order valence-corrected chi connectivity index (χ2v) is 9.92. The number of aromatic nitrogens is 2. The first-order valence-electron chi connectivity index (χ1n) is 10.6. The Bertz CT molecular complexity index is 1100. The molecule has 0 spiro atoms. The van der Waals surface area contributed by atoms with E-state index in [4.69, 9.17) is 4.42 Å². The number of rotatable bonds is 7. The molecule has 164 valence electrons. The number of likely N-dealkylation sites (tertiary alicyclic amines) is 1. The summed E-state index contributed by atoms with van der Waals surface area (Å²) in [6.07, 6.45) is 1.99. The molecule has 2 atom stereocenters. The van der Waals surface area contributed by atoms with Crippen LogP contribution in [-0.4, -0.2) is 43.1 Å². The third-order valence-electron chi connectivity index (χ3n) is 5.81. The highest BCUT2D eigenvalue weighted by Crippen LogP contribution is 2.28. The summed E-state index contributed by atoms with van der Waals surface area (Å²) in [5.41, 5.74) is 1.93. The number of sulfonamides is 1. The van der Waals surface area contributed by atoms with Crippen LogP contribution in [0.2, 0.25) is 0 Å². The molecule has 0 aliphatic carbocycles. The fourth-order valence-corrected chi connectivity index (χ4v) is 5.02. The van der Waals surface area contributed by atoms with E-state index in [0.29, 0.717) is 23.2 Å². The summed E-state index contributed by atoms with van der Waals surface area (Å²) < 4.78 is 33.9. The smallest absolute Gasteiger partial charge is 0.247 e. The van der Waals surface area contributed by atoms with Gasteiger partial charge in [0.1, 0.15) is 0 Å². The number of hydrogen-bond donors (Lipinski definition) is 1. The normalized spacial score (nSPS) is 18.7. The van der Waals surface area contributed by atoms with Crippen molar-refractivity contribution >= 4 is 10.0 Å². The fraction of sp³-hybridized carbons (Fsp3) is 0.391. The molecule has 2 unspecified atom stereocenters. The molecule has 2 heterocycles. The first kappa shape index (κ1) is 21.7. The number of nitrogens with zero attached hydrogens (tertiary/aromatic N) is 3. The molecule has 3 aromatic rings. The largest absolute Gasteiger partial charge is 0.419 e. The van der Waals surface area contributed by atoms with Crippen LogP contribution in [-0.2, 0) is 10.0 Å². The van der Waals surface area contributed by atoms with E-state index in [-0.39, 0.29) is 12.0 Å². The Morgan fingerprint density at radius 1 is 1.13 bits per heavy atom. The van der Waals surface area contributed by atoms with Crippen LogP contribution in [0.15, 0.2) is 63.9 Å². The number of hydrogen-bond acceptors (Lipinski definition) is 6. The minimum Gasteiger partial charge on any atom is -0.419 e. The van der Waals surface area contributed by atoms with Gasteiger partial charge in [-0.05, 0) is 63.4 Å². The van der Waals surface area contributed by atoms with Gasteiger partial charge in [0.2, 0.25) is 21.8 Å². The summed E-state index contributed by atoms with van der Waals surface area (Å²) in [6, 6.07) is 16.6. The number of benzene rings is 2. The Morgan fingerprint density at radius 2 is 1.87 bits per heavy atom. The van der Waals surface area contributed by atoms with Gasteiger partial charge in [0, 0.05) is 18.7 Å². The van der Waals surface area contributed by atoms with Crippen molar-refractivity contribution in [1.29, 1.82) is 0 Å². The van der Waals surface area contributed by atoms with E-state index >= 15 is 0 Å². The van der Waals surface area contributed by atoms with E-state index in [2.05, 4.69) is 26.7 Å². The molecule has 0 radical (unpaired) electrons. The van der Waals surface area contributed by atoms with Crippen molar-refractivity contribution in [1.82, 2.24) is 19.8 Å². The zero-order chi connectivity index (χ0) is 21.8. The maximum Gasteiger partial charge on any atom is 0.247 e. The molecule has 2 aromatic carbocycles. The van der Waals surface area contributed by atoms with Gasteiger partial charge in [-0.2, -0.15) is 0 Å². The molecule has 31 heavy (non-hydrogen) atoms. The molecule has 4 rings (SSSR count). The van der Waals surface area contributed by atoms with Crippen molar-refractivity contribution in [2.24, 2.45) is 5.92 Å². The van der Waals surface area contributed by atoms with E-state index in [1.165, 1.54) is 0 Å². The van der Waals surface area contributed by atoms with Crippen LogP contribution in [0.5, 0.6) is 0 Å². The molecule has 1 saturated heterocycles. The van der Waals surface area contributed by atoms with Crippen molar-refractivity contribution in [3.8, 4) is 11.5 Å². The van der Waals surface area contributed by atoms with Gasteiger partial charge < -0.3 is 4.42 Å². The Hall–Kier alpha value is -2.55. The molecule has 0 saturated carbocycles. The third-order valence-corrected chi connectivity index (χ3v) is 7.25. The van der Waals surface area contributed by atoms with Crippen LogP contribution in [0.3, 0.4) is 0 Å². The van der Waals surface area contributed by atoms with Gasteiger partial charge in [-0.15, -0.1) is 10.2 Å². The van der Waals surface area contributed by atoms with Gasteiger partial charge in [-0.3, -0.25) is 4.90 Å². The Balaban J connectivity index is 1.37.